The van der Waals surface area contributed by atoms with E-state index in [1.807, 2.05) is 0 Å². The summed E-state index contributed by atoms with van der Waals surface area (Å²) >= 11 is 0. The van der Waals surface area contributed by atoms with Gasteiger partial charge in [0.1, 0.15) is 0 Å². The van der Waals surface area contributed by atoms with E-state index in [0.29, 0.717) is 0 Å². The van der Waals surface area contributed by atoms with Crippen LogP contribution >= 0.6 is 0 Å². The molecule has 1 radical (unpaired) electrons. The van der Waals surface area contributed by atoms with E-state index >= 15 is 0 Å². The minimum absolute atomic E-state index is 0.0850. The van der Waals surface area contributed by atoms with Gasteiger partial charge in [-0.1, -0.05) is 33.1 Å². The van der Waals surface area contributed by atoms with Crippen LogP contribution in [-0.2, 0) is 4.79 Å². The van der Waals surface area contributed by atoms with Crippen molar-refractivity contribution in [3.8, 4) is 0 Å². The summed E-state index contributed by atoms with van der Waals surface area (Å²) in [6.07, 6.45) is 4.77. The molecule has 2 heteroatoms. The zero-order chi connectivity index (χ0) is 8.69. The van der Waals surface area contributed by atoms with E-state index in [-0.39, 0.29) is 11.8 Å². The third-order valence-corrected chi connectivity index (χ3v) is 1.84. The zero-order valence-electron chi connectivity index (χ0n) is 7.31. The number of rotatable bonds is 6. The van der Waals surface area contributed by atoms with Gasteiger partial charge in [0.05, 0.1) is 0 Å². The molecule has 1 unspecified atom stereocenters. The summed E-state index contributed by atoms with van der Waals surface area (Å²) in [5.41, 5.74) is 5.20. The highest BCUT2D eigenvalue weighted by Gasteiger charge is 2.12. The van der Waals surface area contributed by atoms with E-state index in [0.717, 1.165) is 32.1 Å². The highest BCUT2D eigenvalue weighted by atomic mass is 16.1. The van der Waals surface area contributed by atoms with Gasteiger partial charge in [-0.15, -0.1) is 0 Å². The fourth-order valence-electron chi connectivity index (χ4n) is 1.17. The molecular formula is C9H18NO. The second-order valence-electron chi connectivity index (χ2n) is 2.88. The summed E-state index contributed by atoms with van der Waals surface area (Å²) in [6.45, 7) is 5.79. The van der Waals surface area contributed by atoms with E-state index in [2.05, 4.69) is 13.8 Å². The highest BCUT2D eigenvalue weighted by molar-refractivity contribution is 5.76. The number of hydrogen-bond acceptors (Lipinski definition) is 1. The van der Waals surface area contributed by atoms with Crippen molar-refractivity contribution in [1.29, 1.82) is 0 Å². The Morgan fingerprint density at radius 1 is 1.55 bits per heavy atom. The fraction of sp³-hybridized carbons (Fsp3) is 0.778. The fourth-order valence-corrected chi connectivity index (χ4v) is 1.17. The van der Waals surface area contributed by atoms with Crippen LogP contribution in [0.2, 0.25) is 0 Å². The second kappa shape index (κ2) is 6.20. The lowest BCUT2D eigenvalue weighted by Gasteiger charge is -2.10. The molecule has 0 fully saturated rings. The second-order valence-corrected chi connectivity index (χ2v) is 2.88. The Hall–Kier alpha value is -0.530. The smallest absolute Gasteiger partial charge is 0.220 e. The molecule has 11 heavy (non-hydrogen) atoms. The van der Waals surface area contributed by atoms with Gasteiger partial charge in [0.25, 0.3) is 0 Å². The first-order valence-corrected chi connectivity index (χ1v) is 4.31. The lowest BCUT2D eigenvalue weighted by molar-refractivity contribution is -0.122. The lowest BCUT2D eigenvalue weighted by Crippen LogP contribution is -2.22. The number of nitrogens with two attached hydrogens (primary N) is 1. The number of unbranched alkanes of at least 4 members (excludes halogenated alkanes) is 1. The monoisotopic (exact) mass is 156 g/mol. The molecule has 0 rings (SSSR count). The molecule has 0 aromatic carbocycles. The lowest BCUT2D eigenvalue weighted by atomic mass is 9.97. The third-order valence-electron chi connectivity index (χ3n) is 1.84. The summed E-state index contributed by atoms with van der Waals surface area (Å²) in [5.74, 6) is -0.0675. The SMILES string of the molecule is [CH2]CCCC(CCC)C(N)=O. The molecule has 2 N–H and O–H groups in total. The molecule has 0 aromatic rings. The maximum absolute atomic E-state index is 10.8. The molecule has 1 amide bonds. The average Bonchev–Trinajstić information content (AvgIpc) is 1.97. The van der Waals surface area contributed by atoms with Gasteiger partial charge in [0.15, 0.2) is 0 Å². The van der Waals surface area contributed by atoms with Crippen LogP contribution in [0.1, 0.15) is 39.0 Å². The van der Waals surface area contributed by atoms with E-state index in [4.69, 9.17) is 5.73 Å². The Balaban J connectivity index is 3.60. The molecule has 0 saturated carbocycles. The van der Waals surface area contributed by atoms with Crippen molar-refractivity contribution in [1.82, 2.24) is 0 Å². The minimum atomic E-state index is -0.152. The van der Waals surface area contributed by atoms with Crippen molar-refractivity contribution in [3.63, 3.8) is 0 Å². The van der Waals surface area contributed by atoms with Gasteiger partial charge in [-0.05, 0) is 12.8 Å². The third kappa shape index (κ3) is 4.82. The highest BCUT2D eigenvalue weighted by Crippen LogP contribution is 2.13. The Morgan fingerprint density at radius 2 is 2.18 bits per heavy atom. The number of primary amides is 1. The molecule has 0 aliphatic rings. The van der Waals surface area contributed by atoms with E-state index < -0.39 is 0 Å². The van der Waals surface area contributed by atoms with Gasteiger partial charge in [-0.3, -0.25) is 4.79 Å². The Bertz CT molecular complexity index is 112. The van der Waals surface area contributed by atoms with E-state index in [9.17, 15) is 4.79 Å². The molecule has 1 atom stereocenters. The van der Waals surface area contributed by atoms with Gasteiger partial charge in [0, 0.05) is 5.92 Å². The van der Waals surface area contributed by atoms with E-state index in [1.165, 1.54) is 0 Å². The number of hydrogen-bond donors (Lipinski definition) is 1. The summed E-state index contributed by atoms with van der Waals surface area (Å²) < 4.78 is 0. The van der Waals surface area contributed by atoms with Crippen molar-refractivity contribution >= 4 is 5.91 Å². The number of carbonyl (C=O) groups excluding carboxylic acids is 1. The van der Waals surface area contributed by atoms with Crippen molar-refractivity contribution in [2.45, 2.75) is 39.0 Å². The molecule has 0 aromatic heterocycles. The average molecular weight is 156 g/mol. The summed E-state index contributed by atoms with van der Waals surface area (Å²) in [4.78, 5) is 10.8. The largest absolute Gasteiger partial charge is 0.369 e. The van der Waals surface area contributed by atoms with Gasteiger partial charge < -0.3 is 5.73 Å². The van der Waals surface area contributed by atoms with Crippen molar-refractivity contribution in [2.24, 2.45) is 11.7 Å². The standard InChI is InChI=1S/C9H18NO/c1-3-5-7-8(6-4-2)9(10)11/h8H,1,3-7H2,2H3,(H2,10,11). The maximum Gasteiger partial charge on any atom is 0.220 e. The topological polar surface area (TPSA) is 43.1 Å². The quantitative estimate of drug-likeness (QED) is 0.627. The zero-order valence-corrected chi connectivity index (χ0v) is 7.31. The van der Waals surface area contributed by atoms with Gasteiger partial charge >= 0.3 is 0 Å². The van der Waals surface area contributed by atoms with Gasteiger partial charge in [-0.25, -0.2) is 0 Å². The Kier molecular flexibility index (Phi) is 5.90. The molecule has 0 spiro atoms. The van der Waals surface area contributed by atoms with Crippen LogP contribution < -0.4 is 5.73 Å². The summed E-state index contributed by atoms with van der Waals surface area (Å²) in [7, 11) is 0. The molecular weight excluding hydrogens is 138 g/mol. The first kappa shape index (κ1) is 10.5. The normalized spacial score (nSPS) is 12.9. The van der Waals surface area contributed by atoms with Gasteiger partial charge in [-0.2, -0.15) is 0 Å². The molecule has 0 heterocycles. The molecule has 65 valence electrons. The van der Waals surface area contributed by atoms with Crippen LogP contribution in [0.5, 0.6) is 0 Å². The predicted molar refractivity (Wildman–Crippen MR) is 46.8 cm³/mol. The first-order valence-electron chi connectivity index (χ1n) is 4.31. The first-order chi connectivity index (χ1) is 5.22. The molecule has 0 aliphatic carbocycles. The molecule has 0 aliphatic heterocycles. The molecule has 2 nitrogen and oxygen atoms in total. The van der Waals surface area contributed by atoms with Crippen LogP contribution in [0.3, 0.4) is 0 Å². The van der Waals surface area contributed by atoms with E-state index in [1.54, 1.807) is 0 Å². The van der Waals surface area contributed by atoms with Crippen LogP contribution in [0.15, 0.2) is 0 Å². The van der Waals surface area contributed by atoms with Crippen LogP contribution in [-0.4, -0.2) is 5.91 Å². The summed E-state index contributed by atoms with van der Waals surface area (Å²) in [5, 5.41) is 0. The van der Waals surface area contributed by atoms with Crippen molar-refractivity contribution in [2.75, 3.05) is 0 Å². The Labute approximate surface area is 69.2 Å². The minimum Gasteiger partial charge on any atom is -0.369 e. The van der Waals surface area contributed by atoms with Crippen LogP contribution in [0.4, 0.5) is 0 Å². The van der Waals surface area contributed by atoms with Crippen LogP contribution in [0, 0.1) is 12.8 Å². The van der Waals surface area contributed by atoms with Crippen molar-refractivity contribution < 1.29 is 4.79 Å². The summed E-state index contributed by atoms with van der Waals surface area (Å²) in [6, 6.07) is 0. The molecule has 0 saturated heterocycles. The number of carbonyl (C=O) groups is 1. The maximum atomic E-state index is 10.8. The van der Waals surface area contributed by atoms with Gasteiger partial charge in [0.2, 0.25) is 5.91 Å². The molecule has 0 bridgehead atoms. The van der Waals surface area contributed by atoms with Crippen molar-refractivity contribution in [3.05, 3.63) is 6.92 Å². The van der Waals surface area contributed by atoms with Crippen LogP contribution in [0.25, 0.3) is 0 Å². The number of amides is 1. The Morgan fingerprint density at radius 3 is 2.55 bits per heavy atom. The predicted octanol–water partition coefficient (Wildman–Crippen LogP) is 1.89.